The standard InChI is InChI=1S/C29H16ClF3N2O7/c30-24-12-4-18(29(31,32)33)14-25(24)34-26(36)22-11-3-17(13-23(22)27(34)37)28(38)41-15-16-1-7-20(8-2-16)42-21-9-5-19(6-10-21)35(39)40/h1-14H,15H2. The molecule has 1 aliphatic heterocycles. The lowest BCUT2D eigenvalue weighted by molar-refractivity contribution is -0.384. The van der Waals surface area contributed by atoms with Crippen LogP contribution >= 0.6 is 11.6 Å². The number of esters is 1. The van der Waals surface area contributed by atoms with Crippen molar-refractivity contribution in [2.24, 2.45) is 0 Å². The van der Waals surface area contributed by atoms with Gasteiger partial charge in [0.25, 0.3) is 17.5 Å². The van der Waals surface area contributed by atoms with Crippen LogP contribution in [0.2, 0.25) is 5.02 Å². The summed E-state index contributed by atoms with van der Waals surface area (Å²) >= 11 is 6.03. The lowest BCUT2D eigenvalue weighted by Gasteiger charge is -2.17. The van der Waals surface area contributed by atoms with Gasteiger partial charge in [-0.2, -0.15) is 13.2 Å². The van der Waals surface area contributed by atoms with Crippen molar-refractivity contribution in [1.29, 1.82) is 0 Å². The number of carbonyl (C=O) groups excluding carboxylic acids is 3. The summed E-state index contributed by atoms with van der Waals surface area (Å²) in [7, 11) is 0. The molecule has 0 N–H and O–H groups in total. The van der Waals surface area contributed by atoms with Crippen LogP contribution in [0.1, 0.15) is 42.2 Å². The SMILES string of the molecule is O=C(OCc1ccc(Oc2ccc([N+](=O)[O-])cc2)cc1)c1ccc2c(c1)C(=O)N(c1cc(C(F)(F)F)ccc1Cl)C2=O. The summed E-state index contributed by atoms with van der Waals surface area (Å²) in [5, 5.41) is 10.5. The number of imide groups is 1. The number of nitro groups is 1. The van der Waals surface area contributed by atoms with Gasteiger partial charge in [0, 0.05) is 12.1 Å². The van der Waals surface area contributed by atoms with Crippen LogP contribution in [0.3, 0.4) is 0 Å². The summed E-state index contributed by atoms with van der Waals surface area (Å²) in [5.41, 5.74) is -1.33. The van der Waals surface area contributed by atoms with E-state index in [2.05, 4.69) is 0 Å². The molecule has 0 aromatic heterocycles. The molecule has 0 saturated carbocycles. The molecule has 9 nitrogen and oxygen atoms in total. The molecule has 5 rings (SSSR count). The van der Waals surface area contributed by atoms with Gasteiger partial charge in [-0.1, -0.05) is 23.7 Å². The number of rotatable bonds is 7. The molecule has 0 saturated heterocycles. The maximum atomic E-state index is 13.2. The summed E-state index contributed by atoms with van der Waals surface area (Å²) in [6.07, 6.45) is -4.73. The second-order valence-electron chi connectivity index (χ2n) is 8.94. The van der Waals surface area contributed by atoms with Crippen molar-refractivity contribution in [3.05, 3.63) is 128 Å². The van der Waals surface area contributed by atoms with E-state index < -0.39 is 40.1 Å². The molecule has 2 amide bonds. The molecule has 0 bridgehead atoms. The minimum Gasteiger partial charge on any atom is -0.457 e. The van der Waals surface area contributed by atoms with E-state index in [1.54, 1.807) is 24.3 Å². The van der Waals surface area contributed by atoms with E-state index in [-0.39, 0.29) is 34.0 Å². The van der Waals surface area contributed by atoms with Gasteiger partial charge >= 0.3 is 12.1 Å². The Kier molecular flexibility index (Phi) is 7.40. The van der Waals surface area contributed by atoms with Gasteiger partial charge in [0.1, 0.15) is 18.1 Å². The van der Waals surface area contributed by atoms with Gasteiger partial charge in [-0.15, -0.1) is 0 Å². The van der Waals surface area contributed by atoms with Crippen LogP contribution in [0.5, 0.6) is 11.5 Å². The average Bonchev–Trinajstić information content (AvgIpc) is 3.21. The Morgan fingerprint density at radius 2 is 1.48 bits per heavy atom. The third kappa shape index (κ3) is 5.65. The normalized spacial score (nSPS) is 12.7. The number of alkyl halides is 3. The van der Waals surface area contributed by atoms with Crippen LogP contribution in [0.25, 0.3) is 0 Å². The van der Waals surface area contributed by atoms with Crippen LogP contribution in [0.4, 0.5) is 24.5 Å². The van der Waals surface area contributed by atoms with Gasteiger partial charge in [0.05, 0.1) is 37.9 Å². The van der Waals surface area contributed by atoms with E-state index in [1.807, 2.05) is 0 Å². The summed E-state index contributed by atoms with van der Waals surface area (Å²) in [6, 6.07) is 17.9. The van der Waals surface area contributed by atoms with Gasteiger partial charge in [-0.3, -0.25) is 19.7 Å². The van der Waals surface area contributed by atoms with E-state index in [9.17, 15) is 37.7 Å². The van der Waals surface area contributed by atoms with E-state index in [1.165, 1.54) is 36.4 Å². The lowest BCUT2D eigenvalue weighted by Crippen LogP contribution is -2.30. The Hall–Kier alpha value is -5.23. The van der Waals surface area contributed by atoms with Gasteiger partial charge < -0.3 is 9.47 Å². The summed E-state index contributed by atoms with van der Waals surface area (Å²) in [5.74, 6) is -1.80. The molecule has 212 valence electrons. The van der Waals surface area contributed by atoms with Crippen molar-refractivity contribution in [2.45, 2.75) is 12.8 Å². The fraction of sp³-hybridized carbons (Fsp3) is 0.0690. The number of halogens is 4. The minimum atomic E-state index is -4.73. The molecule has 0 atom stereocenters. The molecule has 4 aromatic carbocycles. The largest absolute Gasteiger partial charge is 0.457 e. The minimum absolute atomic E-state index is 0.0509. The summed E-state index contributed by atoms with van der Waals surface area (Å²) in [4.78, 5) is 49.4. The van der Waals surface area contributed by atoms with Crippen molar-refractivity contribution in [3.63, 3.8) is 0 Å². The monoisotopic (exact) mass is 596 g/mol. The first kappa shape index (κ1) is 28.3. The zero-order chi connectivity index (χ0) is 30.2. The topological polar surface area (TPSA) is 116 Å². The van der Waals surface area contributed by atoms with Gasteiger partial charge in [-0.25, -0.2) is 9.69 Å². The third-order valence-corrected chi connectivity index (χ3v) is 6.53. The number of nitrogens with zero attached hydrogens (tertiary/aromatic N) is 2. The molecule has 1 aliphatic rings. The Morgan fingerprint density at radius 1 is 0.857 bits per heavy atom. The summed E-state index contributed by atoms with van der Waals surface area (Å²) in [6.45, 7) is -0.146. The van der Waals surface area contributed by atoms with Gasteiger partial charge in [0.15, 0.2) is 0 Å². The molecule has 0 unspecified atom stereocenters. The Balaban J connectivity index is 1.25. The van der Waals surface area contributed by atoms with Gasteiger partial charge in [-0.05, 0) is 66.2 Å². The molecule has 0 radical (unpaired) electrons. The Bertz CT molecular complexity index is 1740. The second-order valence-corrected chi connectivity index (χ2v) is 9.35. The first-order chi connectivity index (χ1) is 19.9. The van der Waals surface area contributed by atoms with E-state index in [4.69, 9.17) is 21.1 Å². The van der Waals surface area contributed by atoms with Crippen LogP contribution in [-0.4, -0.2) is 22.7 Å². The fourth-order valence-electron chi connectivity index (χ4n) is 4.10. The highest BCUT2D eigenvalue weighted by Crippen LogP contribution is 2.38. The number of anilines is 1. The van der Waals surface area contributed by atoms with Crippen molar-refractivity contribution < 1.29 is 42.0 Å². The highest BCUT2D eigenvalue weighted by atomic mass is 35.5. The van der Waals surface area contributed by atoms with E-state index in [0.29, 0.717) is 28.0 Å². The maximum absolute atomic E-state index is 13.2. The zero-order valence-corrected chi connectivity index (χ0v) is 21.8. The van der Waals surface area contributed by atoms with Crippen LogP contribution in [0, 0.1) is 10.1 Å². The first-order valence-corrected chi connectivity index (χ1v) is 12.4. The number of benzene rings is 4. The number of ether oxygens (including phenoxy) is 2. The number of amides is 2. The van der Waals surface area contributed by atoms with Gasteiger partial charge in [0.2, 0.25) is 0 Å². The molecule has 0 spiro atoms. The lowest BCUT2D eigenvalue weighted by atomic mass is 10.1. The second kappa shape index (κ2) is 11.0. The van der Waals surface area contributed by atoms with Crippen molar-refractivity contribution in [2.75, 3.05) is 4.90 Å². The Morgan fingerprint density at radius 3 is 2.10 bits per heavy atom. The molecule has 42 heavy (non-hydrogen) atoms. The van der Waals surface area contributed by atoms with Crippen LogP contribution in [0.15, 0.2) is 84.9 Å². The molecule has 1 heterocycles. The fourth-order valence-corrected chi connectivity index (χ4v) is 4.31. The number of non-ortho nitro benzene ring substituents is 1. The highest BCUT2D eigenvalue weighted by molar-refractivity contribution is 6.40. The number of hydrogen-bond acceptors (Lipinski definition) is 7. The predicted molar refractivity (Wildman–Crippen MR) is 143 cm³/mol. The Labute approximate surface area is 239 Å². The maximum Gasteiger partial charge on any atom is 0.416 e. The quantitative estimate of drug-likeness (QED) is 0.0957. The highest BCUT2D eigenvalue weighted by Gasteiger charge is 2.40. The number of hydrogen-bond donors (Lipinski definition) is 0. The van der Waals surface area contributed by atoms with E-state index >= 15 is 0 Å². The number of carbonyl (C=O) groups is 3. The molecule has 0 aliphatic carbocycles. The smallest absolute Gasteiger partial charge is 0.416 e. The van der Waals surface area contributed by atoms with Crippen molar-refractivity contribution in [1.82, 2.24) is 0 Å². The predicted octanol–water partition coefficient (Wildman–Crippen LogP) is 7.22. The zero-order valence-electron chi connectivity index (χ0n) is 21.1. The third-order valence-electron chi connectivity index (χ3n) is 6.21. The number of fused-ring (bicyclic) bond motifs is 1. The molecule has 13 heteroatoms. The first-order valence-electron chi connectivity index (χ1n) is 12.0. The van der Waals surface area contributed by atoms with Crippen molar-refractivity contribution in [3.8, 4) is 11.5 Å². The molecule has 0 fully saturated rings. The average molecular weight is 597 g/mol. The van der Waals surface area contributed by atoms with E-state index in [0.717, 1.165) is 18.2 Å². The van der Waals surface area contributed by atoms with Crippen LogP contribution < -0.4 is 9.64 Å². The summed E-state index contributed by atoms with van der Waals surface area (Å²) < 4.78 is 50.6. The number of nitro benzene ring substituents is 1. The van der Waals surface area contributed by atoms with Crippen LogP contribution in [-0.2, 0) is 17.5 Å². The molecular formula is C29H16ClF3N2O7. The van der Waals surface area contributed by atoms with Crippen molar-refractivity contribution >= 4 is 40.8 Å². The molecule has 4 aromatic rings. The molecular weight excluding hydrogens is 581 g/mol.